The molecular formula is C12H19F3N2. The smallest absolute Gasteiger partial charge is 0.394 e. The van der Waals surface area contributed by atoms with Crippen LogP contribution in [-0.4, -0.2) is 17.9 Å². The molecule has 0 bridgehead atoms. The third kappa shape index (κ3) is 3.48. The Labute approximate surface area is 99.8 Å². The van der Waals surface area contributed by atoms with Crippen molar-refractivity contribution in [1.82, 2.24) is 0 Å². The van der Waals surface area contributed by atoms with Crippen molar-refractivity contribution < 1.29 is 13.2 Å². The summed E-state index contributed by atoms with van der Waals surface area (Å²) in [4.78, 5) is 4.31. The molecule has 0 heterocycles. The first kappa shape index (κ1) is 14.1. The van der Waals surface area contributed by atoms with Crippen LogP contribution in [0.25, 0.3) is 0 Å². The quantitative estimate of drug-likeness (QED) is 0.758. The average molecular weight is 248 g/mol. The maximum Gasteiger partial charge on any atom is 0.431 e. The van der Waals surface area contributed by atoms with Crippen LogP contribution >= 0.6 is 0 Å². The van der Waals surface area contributed by atoms with Gasteiger partial charge < -0.3 is 5.73 Å². The molecule has 1 aliphatic rings. The van der Waals surface area contributed by atoms with E-state index in [0.717, 1.165) is 12.8 Å². The summed E-state index contributed by atoms with van der Waals surface area (Å²) >= 11 is 0. The Morgan fingerprint density at radius 1 is 1.41 bits per heavy atom. The van der Waals surface area contributed by atoms with Crippen molar-refractivity contribution >= 4 is 5.71 Å². The highest BCUT2D eigenvalue weighted by atomic mass is 19.4. The highest BCUT2D eigenvalue weighted by molar-refractivity contribution is 6.03. The van der Waals surface area contributed by atoms with Crippen LogP contribution in [0.1, 0.15) is 40.0 Å². The number of alkyl halides is 3. The molecule has 0 spiro atoms. The molecule has 0 aliphatic heterocycles. The molecule has 0 aromatic rings. The molecule has 0 amide bonds. The van der Waals surface area contributed by atoms with E-state index in [0.29, 0.717) is 12.1 Å². The highest BCUT2D eigenvalue weighted by Crippen LogP contribution is 2.33. The van der Waals surface area contributed by atoms with E-state index in [-0.39, 0.29) is 17.5 Å². The summed E-state index contributed by atoms with van der Waals surface area (Å²) in [6.45, 7) is 5.62. The van der Waals surface area contributed by atoms with Crippen molar-refractivity contribution in [2.45, 2.75) is 52.3 Å². The summed E-state index contributed by atoms with van der Waals surface area (Å²) in [5, 5.41) is 0. The van der Waals surface area contributed by atoms with E-state index < -0.39 is 11.9 Å². The van der Waals surface area contributed by atoms with Crippen molar-refractivity contribution in [3.05, 3.63) is 11.3 Å². The molecule has 1 aliphatic carbocycles. The summed E-state index contributed by atoms with van der Waals surface area (Å²) < 4.78 is 37.9. The Morgan fingerprint density at radius 3 is 2.47 bits per heavy atom. The van der Waals surface area contributed by atoms with Crippen molar-refractivity contribution in [2.75, 3.05) is 0 Å². The van der Waals surface area contributed by atoms with Crippen LogP contribution in [0, 0.1) is 5.92 Å². The fraction of sp³-hybridized carbons (Fsp3) is 0.750. The second-order valence-corrected chi connectivity index (χ2v) is 4.79. The van der Waals surface area contributed by atoms with E-state index in [1.54, 1.807) is 0 Å². The maximum atomic E-state index is 12.6. The molecule has 5 heteroatoms. The van der Waals surface area contributed by atoms with Crippen LogP contribution in [0.5, 0.6) is 0 Å². The number of nitrogens with zero attached hydrogens (tertiary/aromatic N) is 1. The lowest BCUT2D eigenvalue weighted by Gasteiger charge is -2.26. The van der Waals surface area contributed by atoms with Crippen LogP contribution in [0.3, 0.4) is 0 Å². The van der Waals surface area contributed by atoms with Crippen LogP contribution < -0.4 is 5.73 Å². The standard InChI is InChI=1S/C12H19F3N2/c1-7(2)17-10-8(3)5-4-6-9(10)11(16)12(13,14)15/h7-8H,4-6,16H2,1-3H3. The lowest BCUT2D eigenvalue weighted by molar-refractivity contribution is -0.0933. The number of rotatable bonds is 1. The van der Waals surface area contributed by atoms with Gasteiger partial charge in [-0.25, -0.2) is 0 Å². The third-order valence-corrected chi connectivity index (χ3v) is 2.87. The van der Waals surface area contributed by atoms with Gasteiger partial charge in [0.1, 0.15) is 5.70 Å². The number of nitrogens with two attached hydrogens (primary N) is 1. The van der Waals surface area contributed by atoms with Crippen LogP contribution in [0.15, 0.2) is 16.3 Å². The van der Waals surface area contributed by atoms with Gasteiger partial charge in [0.2, 0.25) is 0 Å². The molecule has 0 aromatic carbocycles. The van der Waals surface area contributed by atoms with Gasteiger partial charge in [-0.2, -0.15) is 13.2 Å². The van der Waals surface area contributed by atoms with Gasteiger partial charge in [-0.1, -0.05) is 6.92 Å². The summed E-state index contributed by atoms with van der Waals surface area (Å²) in [5.41, 5.74) is 5.00. The van der Waals surface area contributed by atoms with Gasteiger partial charge in [-0.3, -0.25) is 4.99 Å². The van der Waals surface area contributed by atoms with E-state index in [1.807, 2.05) is 20.8 Å². The van der Waals surface area contributed by atoms with Gasteiger partial charge in [-0.05, 0) is 39.0 Å². The molecule has 1 rings (SSSR count). The number of allylic oxidation sites excluding steroid dienone is 2. The Balaban J connectivity index is 3.19. The van der Waals surface area contributed by atoms with E-state index in [2.05, 4.69) is 4.99 Å². The zero-order chi connectivity index (χ0) is 13.2. The van der Waals surface area contributed by atoms with Crippen molar-refractivity contribution in [2.24, 2.45) is 16.6 Å². The molecular weight excluding hydrogens is 229 g/mol. The second kappa shape index (κ2) is 5.10. The summed E-state index contributed by atoms with van der Waals surface area (Å²) in [7, 11) is 0. The molecule has 2 N–H and O–H groups in total. The minimum absolute atomic E-state index is 0.0124. The maximum absolute atomic E-state index is 12.6. The normalized spacial score (nSPS) is 27.7. The number of hydrogen-bond acceptors (Lipinski definition) is 2. The Hall–Kier alpha value is -1.00. The number of hydrogen-bond donors (Lipinski definition) is 1. The molecule has 1 saturated carbocycles. The Bertz CT molecular complexity index is 340. The molecule has 1 atom stereocenters. The minimum Gasteiger partial charge on any atom is -0.394 e. The molecule has 0 aromatic heterocycles. The average Bonchev–Trinajstić information content (AvgIpc) is 2.18. The van der Waals surface area contributed by atoms with Crippen molar-refractivity contribution in [3.8, 4) is 0 Å². The first-order valence-corrected chi connectivity index (χ1v) is 5.87. The zero-order valence-corrected chi connectivity index (χ0v) is 10.4. The molecule has 0 radical (unpaired) electrons. The van der Waals surface area contributed by atoms with Gasteiger partial charge >= 0.3 is 6.18 Å². The molecule has 98 valence electrons. The molecule has 1 unspecified atom stereocenters. The van der Waals surface area contributed by atoms with Crippen molar-refractivity contribution in [3.63, 3.8) is 0 Å². The van der Waals surface area contributed by atoms with E-state index >= 15 is 0 Å². The Morgan fingerprint density at radius 2 is 2.00 bits per heavy atom. The fourth-order valence-corrected chi connectivity index (χ4v) is 2.07. The largest absolute Gasteiger partial charge is 0.431 e. The molecule has 0 saturated heterocycles. The summed E-state index contributed by atoms with van der Waals surface area (Å²) in [6.07, 6.45) is -2.46. The molecule has 1 fully saturated rings. The van der Waals surface area contributed by atoms with Crippen LogP contribution in [0.2, 0.25) is 0 Å². The fourth-order valence-electron chi connectivity index (χ4n) is 2.07. The van der Waals surface area contributed by atoms with Crippen molar-refractivity contribution in [1.29, 1.82) is 0 Å². The lowest BCUT2D eigenvalue weighted by atomic mass is 9.83. The predicted octanol–water partition coefficient (Wildman–Crippen LogP) is 3.43. The highest BCUT2D eigenvalue weighted by Gasteiger charge is 2.37. The number of halogens is 3. The van der Waals surface area contributed by atoms with Crippen LogP contribution in [0.4, 0.5) is 13.2 Å². The monoisotopic (exact) mass is 248 g/mol. The zero-order valence-electron chi connectivity index (χ0n) is 10.4. The molecule has 17 heavy (non-hydrogen) atoms. The SMILES string of the molecule is CC(C)N=C1C(=C(N)C(F)(F)F)CCCC1C. The second-order valence-electron chi connectivity index (χ2n) is 4.79. The van der Waals surface area contributed by atoms with E-state index in [4.69, 9.17) is 5.73 Å². The Kier molecular flexibility index (Phi) is 4.22. The molecule has 2 nitrogen and oxygen atoms in total. The summed E-state index contributed by atoms with van der Waals surface area (Å²) in [6, 6.07) is -0.0124. The third-order valence-electron chi connectivity index (χ3n) is 2.87. The van der Waals surface area contributed by atoms with Gasteiger partial charge in [0.15, 0.2) is 0 Å². The van der Waals surface area contributed by atoms with Gasteiger partial charge in [-0.15, -0.1) is 0 Å². The number of aliphatic imine (C=N–C) groups is 1. The van der Waals surface area contributed by atoms with E-state index in [9.17, 15) is 13.2 Å². The van der Waals surface area contributed by atoms with Gasteiger partial charge in [0.05, 0.1) is 0 Å². The first-order valence-electron chi connectivity index (χ1n) is 5.87. The topological polar surface area (TPSA) is 38.4 Å². The summed E-state index contributed by atoms with van der Waals surface area (Å²) in [5.74, 6) is 0.0575. The van der Waals surface area contributed by atoms with E-state index in [1.165, 1.54) is 0 Å². The van der Waals surface area contributed by atoms with Crippen LogP contribution in [-0.2, 0) is 0 Å². The lowest BCUT2D eigenvalue weighted by Crippen LogP contribution is -2.29. The van der Waals surface area contributed by atoms with Gasteiger partial charge in [0, 0.05) is 17.3 Å². The predicted molar refractivity (Wildman–Crippen MR) is 62.9 cm³/mol. The minimum atomic E-state index is -4.45. The van der Waals surface area contributed by atoms with Gasteiger partial charge in [0.25, 0.3) is 0 Å². The first-order chi connectivity index (χ1) is 7.73.